The van der Waals surface area contributed by atoms with Crippen molar-refractivity contribution in [2.75, 3.05) is 19.1 Å². The van der Waals surface area contributed by atoms with Gasteiger partial charge in [0, 0.05) is 18.3 Å². The first kappa shape index (κ1) is 16.0. The van der Waals surface area contributed by atoms with Crippen molar-refractivity contribution in [3.8, 4) is 0 Å². The van der Waals surface area contributed by atoms with E-state index in [-0.39, 0.29) is 5.56 Å². The molecule has 0 aliphatic heterocycles. The summed E-state index contributed by atoms with van der Waals surface area (Å²) in [4.78, 5) is 11.3. The Labute approximate surface area is 117 Å². The molecule has 0 fully saturated rings. The molecule has 19 heavy (non-hydrogen) atoms. The third kappa shape index (κ3) is 4.84. The number of benzene rings is 1. The molecule has 1 N–H and O–H groups in total. The van der Waals surface area contributed by atoms with Crippen molar-refractivity contribution in [2.45, 2.75) is 25.9 Å². The molecule has 0 bridgehead atoms. The zero-order chi connectivity index (χ0) is 14.3. The minimum atomic E-state index is -0.647. The number of hydrogen-bond donors (Lipinski definition) is 1. The summed E-state index contributed by atoms with van der Waals surface area (Å²) in [6, 6.07) is 5.01. The molecule has 106 valence electrons. The summed E-state index contributed by atoms with van der Waals surface area (Å²) >= 11 is 1.78. The van der Waals surface area contributed by atoms with Crippen molar-refractivity contribution in [3.05, 3.63) is 35.1 Å². The highest BCUT2D eigenvalue weighted by atomic mass is 32.2. The zero-order valence-electron chi connectivity index (χ0n) is 11.5. The standard InChI is InChI=1S/C14H20FNO2S/c1-4-11(9-19-3)16-8-10-5-6-12(13(15)7-10)14(17)18-2/h5-7,11,16H,4,8-9H2,1-3H3. The molecule has 0 radical (unpaired) electrons. The Morgan fingerprint density at radius 1 is 1.53 bits per heavy atom. The van der Waals surface area contributed by atoms with Crippen molar-refractivity contribution in [3.63, 3.8) is 0 Å². The molecule has 0 aliphatic carbocycles. The number of rotatable bonds is 7. The Hall–Kier alpha value is -1.07. The number of methoxy groups -OCH3 is 1. The lowest BCUT2D eigenvalue weighted by atomic mass is 10.1. The number of ether oxygens (including phenoxy) is 1. The van der Waals surface area contributed by atoms with Crippen molar-refractivity contribution in [1.29, 1.82) is 0 Å². The highest BCUT2D eigenvalue weighted by Crippen LogP contribution is 2.12. The summed E-state index contributed by atoms with van der Waals surface area (Å²) in [6.07, 6.45) is 3.10. The molecule has 1 aromatic carbocycles. The second-order valence-electron chi connectivity index (χ2n) is 4.25. The summed E-state index contributed by atoms with van der Waals surface area (Å²) < 4.78 is 18.2. The fraction of sp³-hybridized carbons (Fsp3) is 0.500. The number of carbonyl (C=O) groups is 1. The maximum absolute atomic E-state index is 13.7. The maximum Gasteiger partial charge on any atom is 0.340 e. The maximum atomic E-state index is 13.7. The van der Waals surface area contributed by atoms with Gasteiger partial charge >= 0.3 is 5.97 Å². The third-order valence-corrected chi connectivity index (χ3v) is 3.63. The number of nitrogens with one attached hydrogen (secondary N) is 1. The van der Waals surface area contributed by atoms with Crippen molar-refractivity contribution in [2.24, 2.45) is 0 Å². The molecule has 0 saturated heterocycles. The van der Waals surface area contributed by atoms with Crippen LogP contribution in [0.15, 0.2) is 18.2 Å². The molecule has 1 unspecified atom stereocenters. The van der Waals surface area contributed by atoms with Gasteiger partial charge in [0.15, 0.2) is 0 Å². The Balaban J connectivity index is 2.65. The van der Waals surface area contributed by atoms with Crippen molar-refractivity contribution >= 4 is 17.7 Å². The van der Waals surface area contributed by atoms with E-state index >= 15 is 0 Å². The van der Waals surface area contributed by atoms with E-state index in [9.17, 15) is 9.18 Å². The number of thioether (sulfide) groups is 1. The first-order valence-electron chi connectivity index (χ1n) is 6.21. The molecule has 0 heterocycles. The summed E-state index contributed by atoms with van der Waals surface area (Å²) in [7, 11) is 1.24. The van der Waals surface area contributed by atoms with Gasteiger partial charge in [0.05, 0.1) is 12.7 Å². The van der Waals surface area contributed by atoms with Crippen LogP contribution in [0, 0.1) is 5.82 Å². The van der Waals surface area contributed by atoms with Crippen LogP contribution in [0.25, 0.3) is 0 Å². The van der Waals surface area contributed by atoms with E-state index in [1.54, 1.807) is 17.8 Å². The van der Waals surface area contributed by atoms with Gasteiger partial charge in [0.25, 0.3) is 0 Å². The van der Waals surface area contributed by atoms with Gasteiger partial charge < -0.3 is 10.1 Å². The van der Waals surface area contributed by atoms with Gasteiger partial charge in [-0.25, -0.2) is 9.18 Å². The van der Waals surface area contributed by atoms with E-state index in [0.29, 0.717) is 12.6 Å². The predicted molar refractivity (Wildman–Crippen MR) is 77.0 cm³/mol. The highest BCUT2D eigenvalue weighted by Gasteiger charge is 2.12. The smallest absolute Gasteiger partial charge is 0.340 e. The van der Waals surface area contributed by atoms with Gasteiger partial charge in [-0.3, -0.25) is 0 Å². The van der Waals surface area contributed by atoms with Crippen LogP contribution in [0.1, 0.15) is 29.3 Å². The molecule has 1 rings (SSSR count). The Kier molecular flexibility index (Phi) is 6.87. The van der Waals surface area contributed by atoms with E-state index in [1.807, 2.05) is 0 Å². The molecular weight excluding hydrogens is 265 g/mol. The van der Waals surface area contributed by atoms with E-state index < -0.39 is 11.8 Å². The average Bonchev–Trinajstić information content (AvgIpc) is 2.42. The number of halogens is 1. The predicted octanol–water partition coefficient (Wildman–Crippen LogP) is 2.84. The fourth-order valence-electron chi connectivity index (χ4n) is 1.73. The molecule has 0 aliphatic rings. The van der Waals surface area contributed by atoms with E-state index in [2.05, 4.69) is 23.2 Å². The van der Waals surface area contributed by atoms with Crippen LogP contribution in [-0.2, 0) is 11.3 Å². The largest absolute Gasteiger partial charge is 0.465 e. The fourth-order valence-corrected chi connectivity index (χ4v) is 2.48. The van der Waals surface area contributed by atoms with Gasteiger partial charge in [0.1, 0.15) is 5.82 Å². The minimum absolute atomic E-state index is 0.0256. The van der Waals surface area contributed by atoms with Gasteiger partial charge in [-0.2, -0.15) is 11.8 Å². The SMILES string of the molecule is CCC(CSC)NCc1ccc(C(=O)OC)c(F)c1. The van der Waals surface area contributed by atoms with Crippen LogP contribution in [0.2, 0.25) is 0 Å². The van der Waals surface area contributed by atoms with Gasteiger partial charge in [0.2, 0.25) is 0 Å². The highest BCUT2D eigenvalue weighted by molar-refractivity contribution is 7.98. The topological polar surface area (TPSA) is 38.3 Å². The molecule has 1 atom stereocenters. The first-order chi connectivity index (χ1) is 9.12. The lowest BCUT2D eigenvalue weighted by molar-refractivity contribution is 0.0595. The van der Waals surface area contributed by atoms with Gasteiger partial charge in [-0.05, 0) is 30.4 Å². The van der Waals surface area contributed by atoms with Crippen LogP contribution in [0.4, 0.5) is 4.39 Å². The van der Waals surface area contributed by atoms with Crippen LogP contribution in [0.5, 0.6) is 0 Å². The monoisotopic (exact) mass is 285 g/mol. The normalized spacial score (nSPS) is 12.2. The minimum Gasteiger partial charge on any atom is -0.465 e. The molecule has 5 heteroatoms. The summed E-state index contributed by atoms with van der Waals surface area (Å²) in [5.41, 5.74) is 0.798. The first-order valence-corrected chi connectivity index (χ1v) is 7.60. The number of esters is 1. The lowest BCUT2D eigenvalue weighted by Crippen LogP contribution is -2.30. The van der Waals surface area contributed by atoms with Gasteiger partial charge in [-0.1, -0.05) is 13.0 Å². The molecule has 0 amide bonds. The number of carbonyl (C=O) groups excluding carboxylic acids is 1. The molecule has 3 nitrogen and oxygen atoms in total. The molecule has 0 spiro atoms. The summed E-state index contributed by atoms with van der Waals surface area (Å²) in [5.74, 6) is -0.158. The molecule has 1 aromatic rings. The lowest BCUT2D eigenvalue weighted by Gasteiger charge is -2.15. The van der Waals surface area contributed by atoms with E-state index in [0.717, 1.165) is 17.7 Å². The average molecular weight is 285 g/mol. The Bertz CT molecular complexity index is 426. The third-order valence-electron chi connectivity index (χ3n) is 2.89. The summed E-state index contributed by atoms with van der Waals surface area (Å²) in [5, 5.41) is 3.37. The second-order valence-corrected chi connectivity index (χ2v) is 5.16. The Morgan fingerprint density at radius 2 is 2.26 bits per heavy atom. The zero-order valence-corrected chi connectivity index (χ0v) is 12.3. The van der Waals surface area contributed by atoms with Crippen molar-refractivity contribution in [1.82, 2.24) is 5.32 Å². The van der Waals surface area contributed by atoms with Crippen LogP contribution >= 0.6 is 11.8 Å². The van der Waals surface area contributed by atoms with Crippen LogP contribution < -0.4 is 5.32 Å². The quantitative estimate of drug-likeness (QED) is 0.782. The van der Waals surface area contributed by atoms with Crippen molar-refractivity contribution < 1.29 is 13.9 Å². The number of hydrogen-bond acceptors (Lipinski definition) is 4. The Morgan fingerprint density at radius 3 is 2.79 bits per heavy atom. The van der Waals surface area contributed by atoms with E-state index in [4.69, 9.17) is 0 Å². The summed E-state index contributed by atoms with van der Waals surface area (Å²) in [6.45, 7) is 2.71. The molecular formula is C14H20FNO2S. The molecule has 0 saturated carbocycles. The van der Waals surface area contributed by atoms with Crippen LogP contribution in [0.3, 0.4) is 0 Å². The van der Waals surface area contributed by atoms with Gasteiger partial charge in [-0.15, -0.1) is 0 Å². The van der Waals surface area contributed by atoms with Crippen LogP contribution in [-0.4, -0.2) is 31.1 Å². The van der Waals surface area contributed by atoms with E-state index in [1.165, 1.54) is 19.2 Å². The second kappa shape index (κ2) is 8.17. The molecule has 0 aromatic heterocycles.